The van der Waals surface area contributed by atoms with E-state index in [2.05, 4.69) is 20.4 Å². The lowest BCUT2D eigenvalue weighted by atomic mass is 10.00. The minimum Gasteiger partial charge on any atom is -0.381 e. The van der Waals surface area contributed by atoms with Gasteiger partial charge < -0.3 is 15.0 Å². The van der Waals surface area contributed by atoms with E-state index in [0.717, 1.165) is 76.7 Å². The molecule has 0 bridgehead atoms. The zero-order chi connectivity index (χ0) is 23.9. The van der Waals surface area contributed by atoms with Gasteiger partial charge in [0, 0.05) is 44.5 Å². The van der Waals surface area contributed by atoms with E-state index in [0.29, 0.717) is 17.8 Å². The third kappa shape index (κ3) is 5.16. The van der Waals surface area contributed by atoms with Crippen LogP contribution in [0.1, 0.15) is 31.2 Å². The van der Waals surface area contributed by atoms with Crippen LogP contribution in [-0.4, -0.2) is 54.0 Å². The van der Waals surface area contributed by atoms with E-state index in [1.807, 2.05) is 0 Å². The van der Waals surface area contributed by atoms with Crippen molar-refractivity contribution >= 4 is 17.4 Å². The van der Waals surface area contributed by atoms with Gasteiger partial charge in [0.2, 0.25) is 0 Å². The maximum Gasteiger partial charge on any atom is 0.420 e. The number of hydrogen-bond donors (Lipinski definition) is 1. The summed E-state index contributed by atoms with van der Waals surface area (Å²) in [6, 6.07) is 4.29. The molecule has 2 saturated heterocycles. The number of rotatable bonds is 5. The zero-order valence-electron chi connectivity index (χ0n) is 18.6. The van der Waals surface area contributed by atoms with E-state index in [1.54, 1.807) is 0 Å². The third-order valence-electron chi connectivity index (χ3n) is 7.33. The summed E-state index contributed by atoms with van der Waals surface area (Å²) < 4.78 is 60.7. The predicted molar refractivity (Wildman–Crippen MR) is 121 cm³/mol. The fraction of sp³-hybridized carbons (Fsp3) is 0.583. The molecule has 184 valence electrons. The Hall–Kier alpha value is -1.97. The van der Waals surface area contributed by atoms with Gasteiger partial charge in [0.1, 0.15) is 11.4 Å². The van der Waals surface area contributed by atoms with Gasteiger partial charge >= 0.3 is 6.18 Å². The van der Waals surface area contributed by atoms with Gasteiger partial charge in [-0.25, -0.2) is 4.39 Å². The molecule has 1 aliphatic carbocycles. The third-order valence-corrected chi connectivity index (χ3v) is 7.66. The van der Waals surface area contributed by atoms with Crippen molar-refractivity contribution in [2.24, 2.45) is 17.8 Å². The summed E-state index contributed by atoms with van der Waals surface area (Å²) in [6.07, 6.45) is -0.809. The molecular weight excluding hydrogens is 472 g/mol. The van der Waals surface area contributed by atoms with Crippen LogP contribution in [0.2, 0.25) is 5.02 Å². The molecule has 10 heteroatoms. The monoisotopic (exact) mass is 498 g/mol. The number of hydrogen-bond acceptors (Lipinski definition) is 5. The fourth-order valence-corrected chi connectivity index (χ4v) is 5.91. The Morgan fingerprint density at radius 1 is 1.06 bits per heavy atom. The molecule has 2 aliphatic heterocycles. The molecule has 0 spiro atoms. The summed E-state index contributed by atoms with van der Waals surface area (Å²) in [7, 11) is 0. The van der Waals surface area contributed by atoms with Gasteiger partial charge in [0.25, 0.3) is 0 Å². The molecule has 34 heavy (non-hydrogen) atoms. The summed E-state index contributed by atoms with van der Waals surface area (Å²) >= 11 is 6.06. The number of halogens is 5. The molecule has 3 aliphatic rings. The first-order valence-electron chi connectivity index (χ1n) is 11.7. The molecule has 2 aromatic rings. The van der Waals surface area contributed by atoms with E-state index >= 15 is 0 Å². The van der Waals surface area contributed by atoms with E-state index in [-0.39, 0.29) is 28.1 Å². The van der Waals surface area contributed by atoms with Crippen LogP contribution in [-0.2, 0) is 10.9 Å². The van der Waals surface area contributed by atoms with E-state index in [4.69, 9.17) is 16.3 Å². The molecule has 0 unspecified atom stereocenters. The van der Waals surface area contributed by atoms with Crippen LogP contribution in [0, 0.1) is 23.6 Å². The van der Waals surface area contributed by atoms with Gasteiger partial charge in [0.05, 0.1) is 10.7 Å². The zero-order valence-corrected chi connectivity index (χ0v) is 19.4. The maximum atomic E-state index is 13.9. The van der Waals surface area contributed by atoms with Gasteiger partial charge in [-0.3, -0.25) is 0 Å². The molecule has 1 aromatic heterocycles. The predicted octanol–water partition coefficient (Wildman–Crippen LogP) is 5.50. The van der Waals surface area contributed by atoms with Crippen molar-refractivity contribution in [1.29, 1.82) is 0 Å². The molecule has 3 fully saturated rings. The standard InChI is InChI=1S/C24H27ClF4N4O/c25-21-2-1-17(26)9-19(21)22-10-20(24(27,28)29)23(32-31-22)30-18-7-15-12-33(13-16(15)8-18)11-14-3-5-34-6-4-14/h1-2,9-10,14-16,18H,3-8,11-13H2,(H,30,32)/t15-,16+,18+. The van der Waals surface area contributed by atoms with E-state index in [1.165, 1.54) is 6.07 Å². The smallest absolute Gasteiger partial charge is 0.381 e. The van der Waals surface area contributed by atoms with Gasteiger partial charge in [-0.05, 0) is 67.7 Å². The Kier molecular flexibility index (Phi) is 6.70. The molecule has 1 N–H and O–H groups in total. The van der Waals surface area contributed by atoms with Crippen LogP contribution in [0.4, 0.5) is 23.4 Å². The fourth-order valence-electron chi connectivity index (χ4n) is 5.69. The Balaban J connectivity index is 1.26. The highest BCUT2D eigenvalue weighted by molar-refractivity contribution is 6.33. The van der Waals surface area contributed by atoms with Gasteiger partial charge in [-0.1, -0.05) is 11.6 Å². The van der Waals surface area contributed by atoms with Crippen molar-refractivity contribution in [3.05, 3.63) is 40.7 Å². The average molecular weight is 499 g/mol. The van der Waals surface area contributed by atoms with Crippen molar-refractivity contribution in [2.75, 3.05) is 38.2 Å². The number of ether oxygens (including phenoxy) is 1. The molecule has 0 amide bonds. The number of fused-ring (bicyclic) bond motifs is 1. The summed E-state index contributed by atoms with van der Waals surface area (Å²) in [5, 5.41) is 10.9. The summed E-state index contributed by atoms with van der Waals surface area (Å²) in [6.45, 7) is 4.75. The van der Waals surface area contributed by atoms with Crippen molar-refractivity contribution in [3.63, 3.8) is 0 Å². The van der Waals surface area contributed by atoms with E-state index < -0.39 is 17.6 Å². The summed E-state index contributed by atoms with van der Waals surface area (Å²) in [5.41, 5.74) is -0.961. The van der Waals surface area contributed by atoms with Crippen molar-refractivity contribution < 1.29 is 22.3 Å². The molecule has 5 nitrogen and oxygen atoms in total. The Bertz CT molecular complexity index is 1020. The Morgan fingerprint density at radius 2 is 1.76 bits per heavy atom. The van der Waals surface area contributed by atoms with Crippen molar-refractivity contribution in [1.82, 2.24) is 15.1 Å². The van der Waals surface area contributed by atoms with Crippen LogP contribution >= 0.6 is 11.6 Å². The highest BCUT2D eigenvalue weighted by atomic mass is 35.5. The number of nitrogens with zero attached hydrogens (tertiary/aromatic N) is 3. The van der Waals surface area contributed by atoms with Crippen LogP contribution in [0.25, 0.3) is 11.3 Å². The van der Waals surface area contributed by atoms with Crippen LogP contribution in [0.15, 0.2) is 24.3 Å². The average Bonchev–Trinajstić information content (AvgIpc) is 3.33. The normalized spacial score (nSPS) is 26.1. The molecule has 5 rings (SSSR count). The number of alkyl halides is 3. The highest BCUT2D eigenvalue weighted by Crippen LogP contribution is 2.42. The van der Waals surface area contributed by atoms with Crippen LogP contribution in [0.3, 0.4) is 0 Å². The second-order valence-electron chi connectivity index (χ2n) is 9.72. The van der Waals surface area contributed by atoms with Gasteiger partial charge in [0.15, 0.2) is 5.82 Å². The first kappa shape index (κ1) is 23.8. The number of anilines is 1. The molecule has 1 saturated carbocycles. The highest BCUT2D eigenvalue weighted by Gasteiger charge is 2.43. The van der Waals surface area contributed by atoms with Crippen LogP contribution in [0.5, 0.6) is 0 Å². The number of likely N-dealkylation sites (tertiary alicyclic amines) is 1. The Labute approximate surface area is 200 Å². The van der Waals surface area contributed by atoms with Crippen molar-refractivity contribution in [3.8, 4) is 11.3 Å². The first-order valence-corrected chi connectivity index (χ1v) is 12.1. The first-order chi connectivity index (χ1) is 16.3. The molecule has 3 atom stereocenters. The molecule has 1 aromatic carbocycles. The van der Waals surface area contributed by atoms with E-state index in [9.17, 15) is 17.6 Å². The minimum atomic E-state index is -4.64. The molecular formula is C24H27ClF4N4O. The molecule has 0 radical (unpaired) electrons. The Morgan fingerprint density at radius 3 is 2.44 bits per heavy atom. The summed E-state index contributed by atoms with van der Waals surface area (Å²) in [4.78, 5) is 2.51. The van der Waals surface area contributed by atoms with Gasteiger partial charge in [-0.2, -0.15) is 13.2 Å². The lowest BCUT2D eigenvalue weighted by molar-refractivity contribution is -0.137. The number of benzene rings is 1. The largest absolute Gasteiger partial charge is 0.420 e. The second-order valence-corrected chi connectivity index (χ2v) is 10.1. The topological polar surface area (TPSA) is 50.3 Å². The SMILES string of the molecule is Fc1ccc(Cl)c(-c2cc(C(F)(F)F)c(N[C@H]3C[C@@H]4CN(CC5CCOCC5)C[C@@H]4C3)nn2)c1. The number of aromatic nitrogens is 2. The van der Waals surface area contributed by atoms with Crippen molar-refractivity contribution in [2.45, 2.75) is 37.9 Å². The summed E-state index contributed by atoms with van der Waals surface area (Å²) in [5.74, 6) is 0.736. The van der Waals surface area contributed by atoms with Crippen LogP contribution < -0.4 is 5.32 Å². The quantitative estimate of drug-likeness (QED) is 0.551. The number of nitrogens with one attached hydrogen (secondary N) is 1. The molecule has 3 heterocycles. The lowest BCUT2D eigenvalue weighted by Crippen LogP contribution is -2.32. The van der Waals surface area contributed by atoms with Gasteiger partial charge in [-0.15, -0.1) is 10.2 Å². The maximum absolute atomic E-state index is 13.9. The lowest BCUT2D eigenvalue weighted by Gasteiger charge is -2.28. The second kappa shape index (κ2) is 9.59. The minimum absolute atomic E-state index is 0.0752.